The lowest BCUT2D eigenvalue weighted by molar-refractivity contribution is 0.219. The highest BCUT2D eigenvalue weighted by molar-refractivity contribution is 7.07. The molecule has 2 heteroatoms. The molecule has 0 radical (unpaired) electrons. The van der Waals surface area contributed by atoms with Crippen LogP contribution in [0.4, 0.5) is 0 Å². The third kappa shape index (κ3) is 2.59. The Labute approximate surface area is 107 Å². The van der Waals surface area contributed by atoms with E-state index >= 15 is 0 Å². The van der Waals surface area contributed by atoms with Crippen LogP contribution >= 0.6 is 11.3 Å². The first-order chi connectivity index (χ1) is 8.26. The van der Waals surface area contributed by atoms with Gasteiger partial charge in [0.25, 0.3) is 0 Å². The normalized spacial score (nSPS) is 12.6. The lowest BCUT2D eigenvalue weighted by atomic mass is 9.94. The Kier molecular flexibility index (Phi) is 3.97. The molecule has 17 heavy (non-hydrogen) atoms. The number of hydrogen-bond donors (Lipinski definition) is 1. The first kappa shape index (κ1) is 12.3. The Morgan fingerprint density at radius 2 is 2.00 bits per heavy atom. The SMILES string of the molecule is CCc1ccc(CC)c(C(O)c2ccsc2)c1. The van der Waals surface area contributed by atoms with Gasteiger partial charge >= 0.3 is 0 Å². The molecule has 0 aliphatic carbocycles. The summed E-state index contributed by atoms with van der Waals surface area (Å²) in [5.74, 6) is 0. The molecule has 0 saturated carbocycles. The summed E-state index contributed by atoms with van der Waals surface area (Å²) < 4.78 is 0. The maximum atomic E-state index is 10.4. The van der Waals surface area contributed by atoms with E-state index in [1.807, 2.05) is 16.8 Å². The number of benzene rings is 1. The van der Waals surface area contributed by atoms with Crippen LogP contribution < -0.4 is 0 Å². The fraction of sp³-hybridized carbons (Fsp3) is 0.333. The third-order valence-corrected chi connectivity index (χ3v) is 3.85. The molecular formula is C15H18OS. The molecule has 0 fully saturated rings. The van der Waals surface area contributed by atoms with Gasteiger partial charge in [0.15, 0.2) is 0 Å². The van der Waals surface area contributed by atoms with E-state index in [0.717, 1.165) is 24.0 Å². The molecule has 0 spiro atoms. The molecule has 1 aromatic heterocycles. The standard InChI is InChI=1S/C15H18OS/c1-3-11-5-6-12(4-2)14(9-11)15(16)13-7-8-17-10-13/h5-10,15-16H,3-4H2,1-2H3. The Balaban J connectivity index is 2.41. The van der Waals surface area contributed by atoms with Crippen LogP contribution in [0, 0.1) is 0 Å². The quantitative estimate of drug-likeness (QED) is 0.866. The zero-order chi connectivity index (χ0) is 12.3. The molecule has 1 atom stereocenters. The molecule has 1 aromatic carbocycles. The first-order valence-corrected chi connectivity index (χ1v) is 7.02. The molecule has 0 aliphatic rings. The minimum absolute atomic E-state index is 0.484. The van der Waals surface area contributed by atoms with E-state index in [0.29, 0.717) is 0 Å². The molecule has 2 rings (SSSR count). The maximum Gasteiger partial charge on any atom is 0.105 e. The van der Waals surface area contributed by atoms with Crippen molar-refractivity contribution in [2.75, 3.05) is 0 Å². The minimum atomic E-state index is -0.484. The average Bonchev–Trinajstić information content (AvgIpc) is 2.91. The summed E-state index contributed by atoms with van der Waals surface area (Å²) in [6, 6.07) is 8.43. The van der Waals surface area contributed by atoms with E-state index in [1.54, 1.807) is 11.3 Å². The van der Waals surface area contributed by atoms with E-state index in [4.69, 9.17) is 0 Å². The van der Waals surface area contributed by atoms with Gasteiger partial charge in [-0.3, -0.25) is 0 Å². The third-order valence-electron chi connectivity index (χ3n) is 3.15. The van der Waals surface area contributed by atoms with E-state index in [1.165, 1.54) is 11.1 Å². The van der Waals surface area contributed by atoms with Crippen molar-refractivity contribution >= 4 is 11.3 Å². The summed E-state index contributed by atoms with van der Waals surface area (Å²) in [5, 5.41) is 14.4. The van der Waals surface area contributed by atoms with Crippen LogP contribution in [0.5, 0.6) is 0 Å². The number of aliphatic hydroxyl groups excluding tert-OH is 1. The van der Waals surface area contributed by atoms with Gasteiger partial charge in [-0.15, -0.1) is 0 Å². The number of hydrogen-bond acceptors (Lipinski definition) is 2. The summed E-state index contributed by atoms with van der Waals surface area (Å²) in [7, 11) is 0. The van der Waals surface area contributed by atoms with Gasteiger partial charge in [0.05, 0.1) is 0 Å². The zero-order valence-electron chi connectivity index (χ0n) is 10.3. The van der Waals surface area contributed by atoms with Crippen molar-refractivity contribution < 1.29 is 5.11 Å². The summed E-state index contributed by atoms with van der Waals surface area (Å²) in [4.78, 5) is 0. The lowest BCUT2D eigenvalue weighted by Crippen LogP contribution is -2.03. The Morgan fingerprint density at radius 3 is 2.59 bits per heavy atom. The van der Waals surface area contributed by atoms with Crippen molar-refractivity contribution in [1.29, 1.82) is 0 Å². The zero-order valence-corrected chi connectivity index (χ0v) is 11.1. The van der Waals surface area contributed by atoms with Crippen LogP contribution in [0.2, 0.25) is 0 Å². The first-order valence-electron chi connectivity index (χ1n) is 6.08. The Bertz CT molecular complexity index is 474. The molecule has 0 amide bonds. The van der Waals surface area contributed by atoms with E-state index in [-0.39, 0.29) is 0 Å². The van der Waals surface area contributed by atoms with Crippen LogP contribution in [0.25, 0.3) is 0 Å². The van der Waals surface area contributed by atoms with E-state index < -0.39 is 6.10 Å². The van der Waals surface area contributed by atoms with Gasteiger partial charge in [0.1, 0.15) is 6.10 Å². The average molecular weight is 246 g/mol. The number of rotatable bonds is 4. The van der Waals surface area contributed by atoms with E-state index in [2.05, 4.69) is 32.0 Å². The van der Waals surface area contributed by atoms with Crippen LogP contribution in [-0.2, 0) is 12.8 Å². The van der Waals surface area contributed by atoms with Crippen molar-refractivity contribution in [2.24, 2.45) is 0 Å². The molecule has 1 nitrogen and oxygen atoms in total. The molecule has 2 aromatic rings. The van der Waals surface area contributed by atoms with Gasteiger partial charge in [-0.1, -0.05) is 32.0 Å². The second-order valence-electron chi connectivity index (χ2n) is 4.20. The molecule has 90 valence electrons. The highest BCUT2D eigenvalue weighted by atomic mass is 32.1. The summed E-state index contributed by atoms with van der Waals surface area (Å²) >= 11 is 1.63. The minimum Gasteiger partial charge on any atom is -0.384 e. The van der Waals surface area contributed by atoms with Crippen LogP contribution in [0.1, 0.15) is 42.2 Å². The van der Waals surface area contributed by atoms with E-state index in [9.17, 15) is 5.11 Å². The highest BCUT2D eigenvalue weighted by Gasteiger charge is 2.14. The van der Waals surface area contributed by atoms with Crippen molar-refractivity contribution in [1.82, 2.24) is 0 Å². The van der Waals surface area contributed by atoms with Crippen molar-refractivity contribution in [3.05, 3.63) is 57.3 Å². The molecular weight excluding hydrogens is 228 g/mol. The summed E-state index contributed by atoms with van der Waals surface area (Å²) in [6.07, 6.45) is 1.48. The largest absolute Gasteiger partial charge is 0.384 e. The molecule has 1 N–H and O–H groups in total. The van der Waals surface area contributed by atoms with Gasteiger partial charge in [-0.2, -0.15) is 11.3 Å². The smallest absolute Gasteiger partial charge is 0.105 e. The molecule has 0 bridgehead atoms. The van der Waals surface area contributed by atoms with Gasteiger partial charge in [-0.25, -0.2) is 0 Å². The fourth-order valence-corrected chi connectivity index (χ4v) is 2.73. The molecule has 1 unspecified atom stereocenters. The molecule has 0 aliphatic heterocycles. The van der Waals surface area contributed by atoms with Gasteiger partial charge in [0.2, 0.25) is 0 Å². The van der Waals surface area contributed by atoms with Gasteiger partial charge < -0.3 is 5.11 Å². The molecule has 0 saturated heterocycles. The number of aryl methyl sites for hydroxylation is 2. The monoisotopic (exact) mass is 246 g/mol. The van der Waals surface area contributed by atoms with Gasteiger partial charge in [0, 0.05) is 0 Å². The van der Waals surface area contributed by atoms with Gasteiger partial charge in [-0.05, 0) is 51.9 Å². The van der Waals surface area contributed by atoms with Crippen molar-refractivity contribution in [3.63, 3.8) is 0 Å². The van der Waals surface area contributed by atoms with Crippen LogP contribution in [-0.4, -0.2) is 5.11 Å². The predicted molar refractivity (Wildman–Crippen MR) is 73.6 cm³/mol. The maximum absolute atomic E-state index is 10.4. The lowest BCUT2D eigenvalue weighted by Gasteiger charge is -2.15. The van der Waals surface area contributed by atoms with Crippen molar-refractivity contribution in [2.45, 2.75) is 32.8 Å². The van der Waals surface area contributed by atoms with Crippen LogP contribution in [0.15, 0.2) is 35.0 Å². The van der Waals surface area contributed by atoms with Crippen molar-refractivity contribution in [3.8, 4) is 0 Å². The predicted octanol–water partition coefficient (Wildman–Crippen LogP) is 3.95. The summed E-state index contributed by atoms with van der Waals surface area (Å²) in [5.41, 5.74) is 4.58. The topological polar surface area (TPSA) is 20.2 Å². The summed E-state index contributed by atoms with van der Waals surface area (Å²) in [6.45, 7) is 4.27. The Morgan fingerprint density at radius 1 is 1.18 bits per heavy atom. The second kappa shape index (κ2) is 5.48. The second-order valence-corrected chi connectivity index (χ2v) is 4.98. The Hall–Kier alpha value is -1.12. The highest BCUT2D eigenvalue weighted by Crippen LogP contribution is 2.28. The van der Waals surface area contributed by atoms with Crippen LogP contribution in [0.3, 0.4) is 0 Å². The molecule has 1 heterocycles. The number of aliphatic hydroxyl groups is 1. The fourth-order valence-electron chi connectivity index (χ4n) is 2.05. The number of thiophene rings is 1.